The smallest absolute Gasteiger partial charge is 0.287 e. The summed E-state index contributed by atoms with van der Waals surface area (Å²) in [5.74, 6) is 0.177. The molecule has 0 radical (unpaired) electrons. The molecule has 0 amide bonds. The molecule has 6 nitrogen and oxygen atoms in total. The van der Waals surface area contributed by atoms with Crippen LogP contribution in [-0.4, -0.2) is 32.6 Å². The third kappa shape index (κ3) is 2.79. The van der Waals surface area contributed by atoms with Crippen LogP contribution in [0, 0.1) is 24.2 Å². The summed E-state index contributed by atoms with van der Waals surface area (Å²) < 4.78 is 21.1. The molecular formula is C29H25FN4O2. The maximum absolute atomic E-state index is 15.1. The van der Waals surface area contributed by atoms with Crippen LogP contribution in [0.5, 0.6) is 0 Å². The molecule has 1 saturated heterocycles. The van der Waals surface area contributed by atoms with Gasteiger partial charge in [0.2, 0.25) is 0 Å². The van der Waals surface area contributed by atoms with E-state index in [9.17, 15) is 4.79 Å². The van der Waals surface area contributed by atoms with E-state index >= 15 is 4.39 Å². The Morgan fingerprint density at radius 1 is 1.17 bits per heavy atom. The van der Waals surface area contributed by atoms with E-state index < -0.39 is 17.2 Å². The van der Waals surface area contributed by atoms with Crippen molar-refractivity contribution in [3.63, 3.8) is 0 Å². The summed E-state index contributed by atoms with van der Waals surface area (Å²) in [5, 5.41) is 0. The predicted octanol–water partition coefficient (Wildman–Crippen LogP) is 5.28. The summed E-state index contributed by atoms with van der Waals surface area (Å²) in [6.45, 7) is 11.8. The Morgan fingerprint density at radius 3 is 2.72 bits per heavy atom. The summed E-state index contributed by atoms with van der Waals surface area (Å²) in [6, 6.07) is 10.6. The number of hydrogen-bond donors (Lipinski definition) is 0. The lowest BCUT2D eigenvalue weighted by Gasteiger charge is -2.45. The number of carbonyl (C=O) groups excluding carboxylic acids is 1. The van der Waals surface area contributed by atoms with E-state index in [1.165, 1.54) is 6.07 Å². The number of hydrogen-bond acceptors (Lipinski definition) is 5. The van der Waals surface area contributed by atoms with Gasteiger partial charge in [-0.15, -0.1) is 0 Å². The van der Waals surface area contributed by atoms with Gasteiger partial charge in [-0.2, -0.15) is 0 Å². The summed E-state index contributed by atoms with van der Waals surface area (Å²) >= 11 is 0. The van der Waals surface area contributed by atoms with Crippen molar-refractivity contribution in [1.82, 2.24) is 15.0 Å². The molecule has 5 atom stereocenters. The fraction of sp³-hybridized carbons (Fsp3) is 0.414. The monoisotopic (exact) mass is 480 g/mol. The van der Waals surface area contributed by atoms with Gasteiger partial charge in [0.1, 0.15) is 5.82 Å². The van der Waals surface area contributed by atoms with Crippen LogP contribution in [0.25, 0.3) is 27.5 Å². The van der Waals surface area contributed by atoms with Gasteiger partial charge in [-0.05, 0) is 55.9 Å². The third-order valence-electron chi connectivity index (χ3n) is 8.83. The van der Waals surface area contributed by atoms with Gasteiger partial charge >= 0.3 is 5.72 Å². The predicted molar refractivity (Wildman–Crippen MR) is 130 cm³/mol. The first-order valence-corrected chi connectivity index (χ1v) is 12.6. The highest BCUT2D eigenvalue weighted by molar-refractivity contribution is 5.96. The molecule has 0 spiro atoms. The van der Waals surface area contributed by atoms with E-state index in [2.05, 4.69) is 16.8 Å². The van der Waals surface area contributed by atoms with Gasteiger partial charge in [-0.1, -0.05) is 26.0 Å². The van der Waals surface area contributed by atoms with E-state index in [0.717, 1.165) is 41.8 Å². The lowest BCUT2D eigenvalue weighted by molar-refractivity contribution is -0.130. The number of nitrogens with zero attached hydrogens (tertiary/aromatic N) is 4. The average Bonchev–Trinajstić information content (AvgIpc) is 3.82. The lowest BCUT2D eigenvalue weighted by atomic mass is 9.55. The Kier molecular flexibility index (Phi) is 4.39. The molecule has 3 aliphatic carbocycles. The largest absolute Gasteiger partial charge is 0.424 e. The number of halogens is 1. The van der Waals surface area contributed by atoms with Gasteiger partial charge in [0.15, 0.2) is 11.9 Å². The van der Waals surface area contributed by atoms with Gasteiger partial charge in [-0.3, -0.25) is 19.4 Å². The van der Waals surface area contributed by atoms with Crippen molar-refractivity contribution in [2.45, 2.75) is 62.7 Å². The zero-order chi connectivity index (χ0) is 24.8. The van der Waals surface area contributed by atoms with Crippen LogP contribution in [0.1, 0.15) is 56.0 Å². The Morgan fingerprint density at radius 2 is 1.97 bits per heavy atom. The van der Waals surface area contributed by atoms with E-state index in [0.29, 0.717) is 29.4 Å². The average molecular weight is 481 g/mol. The van der Waals surface area contributed by atoms with Crippen LogP contribution in [0.2, 0.25) is 0 Å². The number of carbonyl (C=O) groups is 1. The molecule has 0 bridgehead atoms. The quantitative estimate of drug-likeness (QED) is 0.377. The third-order valence-corrected chi connectivity index (χ3v) is 8.83. The molecule has 2 aromatic heterocycles. The standard InChI is InChI=1S/C29H25FN4O2/c1-15-20-11-10-19-23(18-6-4-5-7-21(18)30)33-26(17-12-13-32-22(14-17)16-8-9-16)34-24(19)28(20,2)27-29(31-3,36-27)25(15)35/h4-7,12-16,20,27H,8-11H2,1-2H3/t15-,20-,27+,28-,29-/m1/s1. The summed E-state index contributed by atoms with van der Waals surface area (Å²) in [5.41, 5.74) is 2.45. The molecule has 0 N–H and O–H groups in total. The van der Waals surface area contributed by atoms with Crippen LogP contribution in [0.3, 0.4) is 0 Å². The van der Waals surface area contributed by atoms with E-state index in [-0.39, 0.29) is 23.4 Å². The van der Waals surface area contributed by atoms with E-state index in [1.807, 2.05) is 25.1 Å². The van der Waals surface area contributed by atoms with Crippen LogP contribution >= 0.6 is 0 Å². The van der Waals surface area contributed by atoms with Gasteiger partial charge in [0.25, 0.3) is 5.78 Å². The summed E-state index contributed by atoms with van der Waals surface area (Å²) in [7, 11) is 0. The van der Waals surface area contributed by atoms with Crippen molar-refractivity contribution in [3.8, 4) is 22.6 Å². The molecule has 1 aromatic carbocycles. The van der Waals surface area contributed by atoms with E-state index in [1.54, 1.807) is 18.3 Å². The minimum absolute atomic E-state index is 0.0180. The zero-order valence-electron chi connectivity index (χ0n) is 20.2. The van der Waals surface area contributed by atoms with Gasteiger partial charge in [0.05, 0.1) is 16.8 Å². The molecule has 180 valence electrons. The Bertz CT molecular complexity index is 1490. The number of pyridine rings is 1. The molecule has 36 heavy (non-hydrogen) atoms. The fourth-order valence-electron chi connectivity index (χ4n) is 6.74. The van der Waals surface area contributed by atoms with Crippen LogP contribution in [0.15, 0.2) is 42.6 Å². The second-order valence-corrected chi connectivity index (χ2v) is 10.8. The van der Waals surface area contributed by atoms with Crippen LogP contribution in [0.4, 0.5) is 4.39 Å². The molecule has 7 rings (SSSR count). The Balaban J connectivity index is 1.48. The van der Waals surface area contributed by atoms with Crippen LogP contribution < -0.4 is 0 Å². The van der Waals surface area contributed by atoms with Crippen molar-refractivity contribution in [2.75, 3.05) is 0 Å². The summed E-state index contributed by atoms with van der Waals surface area (Å²) in [4.78, 5) is 31.4. The van der Waals surface area contributed by atoms with Crippen molar-refractivity contribution in [3.05, 3.63) is 76.8 Å². The maximum atomic E-state index is 15.1. The Hall–Kier alpha value is -3.50. The maximum Gasteiger partial charge on any atom is 0.424 e. The molecule has 4 aliphatic rings. The molecule has 2 saturated carbocycles. The van der Waals surface area contributed by atoms with Crippen molar-refractivity contribution >= 4 is 5.78 Å². The zero-order valence-corrected chi connectivity index (χ0v) is 20.2. The summed E-state index contributed by atoms with van der Waals surface area (Å²) in [6.07, 6.45) is 4.85. The first-order valence-electron chi connectivity index (χ1n) is 12.6. The van der Waals surface area contributed by atoms with E-state index in [4.69, 9.17) is 21.3 Å². The number of fused-ring (bicyclic) bond motifs is 5. The minimum Gasteiger partial charge on any atom is -0.287 e. The first-order chi connectivity index (χ1) is 17.4. The van der Waals surface area contributed by atoms with Crippen molar-refractivity contribution in [2.24, 2.45) is 11.8 Å². The number of aromatic nitrogens is 3. The Labute approximate surface area is 208 Å². The second-order valence-electron chi connectivity index (χ2n) is 10.8. The molecule has 1 aliphatic heterocycles. The normalized spacial score (nSPS) is 32.2. The minimum atomic E-state index is -1.43. The number of rotatable bonds is 3. The molecule has 3 fully saturated rings. The highest BCUT2D eigenvalue weighted by Gasteiger charge is 2.83. The van der Waals surface area contributed by atoms with Gasteiger partial charge < -0.3 is 0 Å². The van der Waals surface area contributed by atoms with Crippen molar-refractivity contribution in [1.29, 1.82) is 0 Å². The number of ketones is 1. The highest BCUT2D eigenvalue weighted by atomic mass is 19.1. The van der Waals surface area contributed by atoms with Crippen LogP contribution in [-0.2, 0) is 21.4 Å². The highest BCUT2D eigenvalue weighted by Crippen LogP contribution is 2.63. The molecule has 3 aromatic rings. The SMILES string of the molecule is [C-]#[N+][C@]12O[C@H]1[C@@]1(C)c3nc(-c4ccnc(C5CC5)c4)nc(-c4ccccc4F)c3CC[C@@H]1[C@@H](C)C2=O. The topological polar surface area (TPSA) is 72.6 Å². The molecule has 3 heterocycles. The molecule has 7 heteroatoms. The lowest BCUT2D eigenvalue weighted by Crippen LogP contribution is -2.55. The van der Waals surface area contributed by atoms with Gasteiger partial charge in [-0.25, -0.2) is 20.9 Å². The number of Topliss-reactive ketones (excluding diaryl/α,β-unsaturated/α-hetero) is 1. The number of benzene rings is 1. The van der Waals surface area contributed by atoms with Crippen molar-refractivity contribution < 1.29 is 13.9 Å². The molecule has 0 unspecified atom stereocenters. The number of epoxide rings is 1. The van der Waals surface area contributed by atoms with Gasteiger partial charge in [0, 0.05) is 40.4 Å². The first kappa shape index (κ1) is 21.8. The fourth-order valence-corrected chi connectivity index (χ4v) is 6.74. The number of ether oxygens (including phenoxy) is 1. The second kappa shape index (κ2) is 7.27. The molecular weight excluding hydrogens is 455 g/mol.